The summed E-state index contributed by atoms with van der Waals surface area (Å²) in [5.41, 5.74) is 0.0871. The molecule has 3 rings (SSSR count). The number of nitrogens with zero attached hydrogens (tertiary/aromatic N) is 3. The van der Waals surface area contributed by atoms with Gasteiger partial charge in [0.1, 0.15) is 5.60 Å². The maximum atomic E-state index is 14.6. The highest BCUT2D eigenvalue weighted by Gasteiger charge is 2.47. The highest BCUT2D eigenvalue weighted by molar-refractivity contribution is 5.68. The van der Waals surface area contributed by atoms with E-state index < -0.39 is 35.9 Å². The fourth-order valence-electron chi connectivity index (χ4n) is 3.49. The van der Waals surface area contributed by atoms with Crippen LogP contribution in [0.2, 0.25) is 0 Å². The van der Waals surface area contributed by atoms with E-state index in [1.807, 2.05) is 0 Å². The summed E-state index contributed by atoms with van der Waals surface area (Å²) < 4.78 is 60.5. The first-order chi connectivity index (χ1) is 12.8. The van der Waals surface area contributed by atoms with Gasteiger partial charge in [0.2, 0.25) is 0 Å². The molecule has 0 aromatic carbocycles. The van der Waals surface area contributed by atoms with Crippen molar-refractivity contribution in [1.82, 2.24) is 14.8 Å². The quantitative estimate of drug-likeness (QED) is 0.719. The van der Waals surface area contributed by atoms with Crippen molar-refractivity contribution in [3.8, 4) is 0 Å². The minimum atomic E-state index is -2.99. The molecule has 2 aliphatic rings. The predicted octanol–water partition coefficient (Wildman–Crippen LogP) is 3.89. The molecule has 28 heavy (non-hydrogen) atoms. The number of aromatic nitrogens is 1. The first kappa shape index (κ1) is 20.8. The number of halogens is 4. The number of piperidine rings is 1. The van der Waals surface area contributed by atoms with Crippen molar-refractivity contribution in [2.24, 2.45) is 0 Å². The number of carbonyl (C=O) groups excluding carboxylic acids is 1. The molecule has 1 atom stereocenters. The lowest BCUT2D eigenvalue weighted by molar-refractivity contribution is -0.134. The van der Waals surface area contributed by atoms with E-state index in [4.69, 9.17) is 4.74 Å². The zero-order valence-corrected chi connectivity index (χ0v) is 16.2. The summed E-state index contributed by atoms with van der Waals surface area (Å²) >= 11 is 0. The van der Waals surface area contributed by atoms with Crippen LogP contribution in [0.5, 0.6) is 0 Å². The lowest BCUT2D eigenvalue weighted by Crippen LogP contribution is -2.55. The van der Waals surface area contributed by atoms with Crippen LogP contribution >= 0.6 is 0 Å². The molecule has 2 saturated heterocycles. The summed E-state index contributed by atoms with van der Waals surface area (Å²) in [6.07, 6.45) is 0.322. The van der Waals surface area contributed by atoms with Crippen LogP contribution in [0.4, 0.5) is 22.4 Å². The average Bonchev–Trinajstić information content (AvgIpc) is 2.51. The molecule has 156 valence electrons. The molecule has 0 bridgehead atoms. The summed E-state index contributed by atoms with van der Waals surface area (Å²) in [5, 5.41) is 0. The fraction of sp³-hybridized carbons (Fsp3) is 0.684. The van der Waals surface area contributed by atoms with Crippen LogP contribution in [0.25, 0.3) is 0 Å². The summed E-state index contributed by atoms with van der Waals surface area (Å²) in [6.45, 7) is 4.36. The van der Waals surface area contributed by atoms with Crippen LogP contribution in [0, 0.1) is 0 Å². The highest BCUT2D eigenvalue weighted by Crippen LogP contribution is 2.41. The van der Waals surface area contributed by atoms with Gasteiger partial charge in [-0.15, -0.1) is 0 Å². The lowest BCUT2D eigenvalue weighted by atomic mass is 9.87. The first-order valence-electron chi connectivity index (χ1n) is 9.25. The van der Waals surface area contributed by atoms with Crippen molar-refractivity contribution in [3.05, 3.63) is 29.6 Å². The number of alkyl halides is 4. The molecule has 0 aliphatic carbocycles. The summed E-state index contributed by atoms with van der Waals surface area (Å²) in [7, 11) is 0. The second-order valence-electron chi connectivity index (χ2n) is 8.57. The molecule has 0 unspecified atom stereocenters. The van der Waals surface area contributed by atoms with E-state index >= 15 is 0 Å². The topological polar surface area (TPSA) is 45.7 Å². The number of hydrogen-bond donors (Lipinski definition) is 0. The normalized spacial score (nSPS) is 24.5. The second kappa shape index (κ2) is 7.17. The summed E-state index contributed by atoms with van der Waals surface area (Å²) in [6, 6.07) is 3.01. The Morgan fingerprint density at radius 3 is 2.57 bits per heavy atom. The summed E-state index contributed by atoms with van der Waals surface area (Å²) in [5.74, 6) is -6.88. The average molecular weight is 403 g/mol. The first-order valence-corrected chi connectivity index (χ1v) is 9.25. The van der Waals surface area contributed by atoms with Gasteiger partial charge in [0, 0.05) is 32.3 Å². The van der Waals surface area contributed by atoms with Crippen molar-refractivity contribution in [1.29, 1.82) is 0 Å². The molecule has 5 nitrogen and oxygen atoms in total. The molecule has 1 aromatic rings. The molecule has 0 radical (unpaired) electrons. The Balaban J connectivity index is 1.72. The van der Waals surface area contributed by atoms with Gasteiger partial charge in [0.15, 0.2) is 0 Å². The number of rotatable bonds is 3. The molecule has 2 aliphatic heterocycles. The van der Waals surface area contributed by atoms with Crippen LogP contribution in [0.1, 0.15) is 44.4 Å². The lowest BCUT2D eigenvalue weighted by Gasteiger charge is -2.39. The van der Waals surface area contributed by atoms with Gasteiger partial charge in [-0.1, -0.05) is 0 Å². The van der Waals surface area contributed by atoms with Crippen LogP contribution in [0.15, 0.2) is 18.3 Å². The van der Waals surface area contributed by atoms with E-state index in [0.29, 0.717) is 11.3 Å². The number of hydrogen-bond acceptors (Lipinski definition) is 4. The standard InChI is InChI=1S/C19H25F4N3O2/c1-17(2,3)28-16(27)26-7-5-19(22,23)15(10-26)13-4-6-24-14(8-13)9-25-11-18(20,21)12-25/h4,6,8,15H,5,7,9-12H2,1-3H3/t15-/m1/s1. The van der Waals surface area contributed by atoms with Gasteiger partial charge in [-0.2, -0.15) is 0 Å². The third-order valence-electron chi connectivity index (χ3n) is 4.82. The maximum absolute atomic E-state index is 14.6. The van der Waals surface area contributed by atoms with E-state index in [2.05, 4.69) is 4.98 Å². The number of carbonyl (C=O) groups is 1. The number of likely N-dealkylation sites (tertiary alicyclic amines) is 2. The van der Waals surface area contributed by atoms with Crippen molar-refractivity contribution in [2.45, 2.75) is 57.1 Å². The zero-order chi connectivity index (χ0) is 20.7. The van der Waals surface area contributed by atoms with Gasteiger partial charge in [-0.3, -0.25) is 9.88 Å². The van der Waals surface area contributed by atoms with Crippen LogP contribution in [-0.2, 0) is 11.3 Å². The number of ether oxygens (including phenoxy) is 1. The highest BCUT2D eigenvalue weighted by atomic mass is 19.3. The van der Waals surface area contributed by atoms with E-state index in [1.165, 1.54) is 28.1 Å². The zero-order valence-electron chi connectivity index (χ0n) is 16.2. The molecular formula is C19H25F4N3O2. The Morgan fingerprint density at radius 1 is 1.29 bits per heavy atom. The van der Waals surface area contributed by atoms with Crippen molar-refractivity contribution >= 4 is 6.09 Å². The molecule has 0 N–H and O–H groups in total. The van der Waals surface area contributed by atoms with E-state index in [1.54, 1.807) is 20.8 Å². The molecular weight excluding hydrogens is 378 g/mol. The van der Waals surface area contributed by atoms with Crippen LogP contribution in [0.3, 0.4) is 0 Å². The fourth-order valence-corrected chi connectivity index (χ4v) is 3.49. The second-order valence-corrected chi connectivity index (χ2v) is 8.57. The molecule has 2 fully saturated rings. The Labute approximate surface area is 161 Å². The van der Waals surface area contributed by atoms with Gasteiger partial charge in [0.05, 0.1) is 24.7 Å². The monoisotopic (exact) mass is 403 g/mol. The van der Waals surface area contributed by atoms with Crippen molar-refractivity contribution in [2.75, 3.05) is 26.2 Å². The van der Waals surface area contributed by atoms with E-state index in [0.717, 1.165) is 0 Å². The summed E-state index contributed by atoms with van der Waals surface area (Å²) in [4.78, 5) is 19.2. The Morgan fingerprint density at radius 2 is 1.96 bits per heavy atom. The molecule has 0 saturated carbocycles. The third kappa shape index (κ3) is 4.92. The van der Waals surface area contributed by atoms with Gasteiger partial charge in [0.25, 0.3) is 11.8 Å². The van der Waals surface area contributed by atoms with Crippen molar-refractivity contribution in [3.63, 3.8) is 0 Å². The minimum absolute atomic E-state index is 0.0841. The van der Waals surface area contributed by atoms with E-state index in [-0.39, 0.29) is 32.7 Å². The third-order valence-corrected chi connectivity index (χ3v) is 4.82. The minimum Gasteiger partial charge on any atom is -0.444 e. The molecule has 3 heterocycles. The van der Waals surface area contributed by atoms with Gasteiger partial charge < -0.3 is 9.64 Å². The van der Waals surface area contributed by atoms with Gasteiger partial charge in [-0.25, -0.2) is 22.4 Å². The smallest absolute Gasteiger partial charge is 0.410 e. The van der Waals surface area contributed by atoms with Crippen LogP contribution in [-0.4, -0.2) is 64.5 Å². The Bertz CT molecular complexity index is 728. The van der Waals surface area contributed by atoms with Crippen molar-refractivity contribution < 1.29 is 27.1 Å². The Kier molecular flexibility index (Phi) is 5.33. The van der Waals surface area contributed by atoms with Crippen LogP contribution < -0.4 is 0 Å². The number of pyridine rings is 1. The molecule has 0 spiro atoms. The van der Waals surface area contributed by atoms with Gasteiger partial charge in [-0.05, 0) is 38.5 Å². The molecule has 9 heteroatoms. The SMILES string of the molecule is CC(C)(C)OC(=O)N1CCC(F)(F)[C@@H](c2ccnc(CN3CC(F)(F)C3)c2)C1. The predicted molar refractivity (Wildman–Crippen MR) is 94.6 cm³/mol. The molecule has 1 amide bonds. The van der Waals surface area contributed by atoms with E-state index in [9.17, 15) is 22.4 Å². The number of amides is 1. The maximum Gasteiger partial charge on any atom is 0.410 e. The van der Waals surface area contributed by atoms with Gasteiger partial charge >= 0.3 is 6.09 Å². The largest absolute Gasteiger partial charge is 0.444 e. The Hall–Kier alpha value is -1.90. The molecule has 1 aromatic heterocycles.